The Hall–Kier alpha value is -1.62. The van der Waals surface area contributed by atoms with Gasteiger partial charge in [0.15, 0.2) is 0 Å². The number of amides is 2. The van der Waals surface area contributed by atoms with Crippen LogP contribution in [0.1, 0.15) is 25.3 Å². The molecule has 3 N–H and O–H groups in total. The van der Waals surface area contributed by atoms with E-state index in [9.17, 15) is 4.79 Å². The fourth-order valence-electron chi connectivity index (χ4n) is 2.16. The molecular weight excluding hydrogens is 258 g/mol. The molecule has 0 unspecified atom stereocenters. The Morgan fingerprint density at radius 2 is 2.11 bits per heavy atom. The average molecular weight is 277 g/mol. The summed E-state index contributed by atoms with van der Waals surface area (Å²) in [6.45, 7) is 3.87. The van der Waals surface area contributed by atoms with E-state index < -0.39 is 0 Å². The Morgan fingerprint density at radius 1 is 1.42 bits per heavy atom. The van der Waals surface area contributed by atoms with E-state index in [1.807, 2.05) is 23.1 Å². The molecule has 0 spiro atoms. The first kappa shape index (κ1) is 13.8. The van der Waals surface area contributed by atoms with Crippen molar-refractivity contribution in [2.45, 2.75) is 19.8 Å². The van der Waals surface area contributed by atoms with Crippen LogP contribution in [0, 0.1) is 5.92 Å². The molecule has 102 valence electrons. The maximum atomic E-state index is 12.1. The summed E-state index contributed by atoms with van der Waals surface area (Å²) in [5.41, 5.74) is 7.07. The number of anilines is 1. The van der Waals surface area contributed by atoms with Gasteiger partial charge in [-0.1, -0.05) is 31.3 Å². The Balaban J connectivity index is 1.98. The third-order valence-corrected chi connectivity index (χ3v) is 3.70. The lowest BCUT2D eigenvalue weighted by atomic mass is 10.00. The molecule has 1 heterocycles. The van der Waals surface area contributed by atoms with Crippen LogP contribution in [0.4, 0.5) is 10.5 Å². The number of rotatable bonds is 2. The van der Waals surface area contributed by atoms with Gasteiger partial charge >= 0.3 is 6.03 Å². The second kappa shape index (κ2) is 6.02. The molecular formula is C14H19N3OS. The SMILES string of the molecule is CC1CCN(C(=O)Nc2cccc(C(N)=S)c2)CC1. The van der Waals surface area contributed by atoms with Crippen molar-refractivity contribution >= 4 is 28.9 Å². The number of nitrogens with two attached hydrogens (primary N) is 1. The van der Waals surface area contributed by atoms with Crippen LogP contribution in [0.25, 0.3) is 0 Å². The van der Waals surface area contributed by atoms with Crippen molar-refractivity contribution in [3.8, 4) is 0 Å². The molecule has 2 amide bonds. The van der Waals surface area contributed by atoms with Gasteiger partial charge in [0.2, 0.25) is 0 Å². The number of piperidine rings is 1. The van der Waals surface area contributed by atoms with E-state index in [1.54, 1.807) is 6.07 Å². The highest BCUT2D eigenvalue weighted by Crippen LogP contribution is 2.17. The Morgan fingerprint density at radius 3 is 2.74 bits per heavy atom. The van der Waals surface area contributed by atoms with E-state index in [-0.39, 0.29) is 6.03 Å². The fraction of sp³-hybridized carbons (Fsp3) is 0.429. The number of nitrogens with zero attached hydrogens (tertiary/aromatic N) is 1. The number of carbonyl (C=O) groups is 1. The van der Waals surface area contributed by atoms with Crippen molar-refractivity contribution in [3.05, 3.63) is 29.8 Å². The molecule has 0 aromatic heterocycles. The zero-order chi connectivity index (χ0) is 13.8. The minimum absolute atomic E-state index is 0.0491. The zero-order valence-electron chi connectivity index (χ0n) is 11.1. The molecule has 0 bridgehead atoms. The van der Waals surface area contributed by atoms with Crippen LogP contribution >= 0.6 is 12.2 Å². The molecule has 2 rings (SSSR count). The van der Waals surface area contributed by atoms with Crippen LogP contribution in [-0.4, -0.2) is 29.0 Å². The van der Waals surface area contributed by atoms with Gasteiger partial charge in [0.05, 0.1) is 0 Å². The maximum absolute atomic E-state index is 12.1. The molecule has 0 radical (unpaired) electrons. The summed E-state index contributed by atoms with van der Waals surface area (Å²) in [6.07, 6.45) is 2.14. The van der Waals surface area contributed by atoms with E-state index in [0.29, 0.717) is 10.9 Å². The third kappa shape index (κ3) is 3.67. The molecule has 1 aromatic rings. The molecule has 0 atom stereocenters. The van der Waals surface area contributed by atoms with Crippen molar-refractivity contribution in [2.75, 3.05) is 18.4 Å². The first-order valence-corrected chi connectivity index (χ1v) is 6.93. The Bertz CT molecular complexity index is 481. The monoisotopic (exact) mass is 277 g/mol. The molecule has 1 aromatic carbocycles. The van der Waals surface area contributed by atoms with Gasteiger partial charge in [-0.05, 0) is 30.9 Å². The van der Waals surface area contributed by atoms with E-state index >= 15 is 0 Å². The number of benzene rings is 1. The van der Waals surface area contributed by atoms with Gasteiger partial charge in [0, 0.05) is 24.3 Å². The highest BCUT2D eigenvalue weighted by Gasteiger charge is 2.20. The molecule has 1 aliphatic rings. The molecule has 5 heteroatoms. The van der Waals surface area contributed by atoms with Crippen LogP contribution in [0.15, 0.2) is 24.3 Å². The van der Waals surface area contributed by atoms with Crippen LogP contribution in [0.3, 0.4) is 0 Å². The smallest absolute Gasteiger partial charge is 0.321 e. The minimum Gasteiger partial charge on any atom is -0.389 e. The van der Waals surface area contributed by atoms with Crippen LogP contribution in [-0.2, 0) is 0 Å². The lowest BCUT2D eigenvalue weighted by Gasteiger charge is -2.30. The summed E-state index contributed by atoms with van der Waals surface area (Å²) in [5, 5.41) is 2.89. The molecule has 19 heavy (non-hydrogen) atoms. The van der Waals surface area contributed by atoms with E-state index in [1.165, 1.54) is 0 Å². The summed E-state index contributed by atoms with van der Waals surface area (Å²) < 4.78 is 0. The maximum Gasteiger partial charge on any atom is 0.321 e. The number of urea groups is 1. The normalized spacial score (nSPS) is 16.2. The van der Waals surface area contributed by atoms with E-state index in [2.05, 4.69) is 12.2 Å². The predicted octanol–water partition coefficient (Wildman–Crippen LogP) is 2.58. The van der Waals surface area contributed by atoms with Gasteiger partial charge in [-0.3, -0.25) is 0 Å². The largest absolute Gasteiger partial charge is 0.389 e. The number of likely N-dealkylation sites (tertiary alicyclic amines) is 1. The van der Waals surface area contributed by atoms with Crippen LogP contribution in [0.2, 0.25) is 0 Å². The second-order valence-electron chi connectivity index (χ2n) is 5.04. The minimum atomic E-state index is -0.0491. The molecule has 4 nitrogen and oxygen atoms in total. The van der Waals surface area contributed by atoms with Crippen molar-refractivity contribution in [1.82, 2.24) is 4.90 Å². The van der Waals surface area contributed by atoms with Crippen molar-refractivity contribution in [1.29, 1.82) is 0 Å². The number of nitrogens with one attached hydrogen (secondary N) is 1. The second-order valence-corrected chi connectivity index (χ2v) is 5.48. The van der Waals surface area contributed by atoms with Gasteiger partial charge in [-0.2, -0.15) is 0 Å². The van der Waals surface area contributed by atoms with Gasteiger partial charge in [-0.15, -0.1) is 0 Å². The number of thiocarbonyl (C=S) groups is 1. The Kier molecular flexibility index (Phi) is 4.37. The molecule has 1 saturated heterocycles. The zero-order valence-corrected chi connectivity index (χ0v) is 11.9. The van der Waals surface area contributed by atoms with Crippen molar-refractivity contribution < 1.29 is 4.79 Å². The summed E-state index contributed by atoms with van der Waals surface area (Å²) in [5.74, 6) is 0.710. The van der Waals surface area contributed by atoms with Gasteiger partial charge in [0.25, 0.3) is 0 Å². The van der Waals surface area contributed by atoms with Crippen LogP contribution < -0.4 is 11.1 Å². The average Bonchev–Trinajstić information content (AvgIpc) is 2.39. The van der Waals surface area contributed by atoms with Gasteiger partial charge in [0.1, 0.15) is 4.99 Å². The summed E-state index contributed by atoms with van der Waals surface area (Å²) in [7, 11) is 0. The fourth-order valence-corrected chi connectivity index (χ4v) is 2.29. The number of hydrogen-bond donors (Lipinski definition) is 2. The third-order valence-electron chi connectivity index (χ3n) is 3.47. The summed E-state index contributed by atoms with van der Waals surface area (Å²) >= 11 is 4.93. The Labute approximate surface area is 119 Å². The molecule has 0 saturated carbocycles. The standard InChI is InChI=1S/C14H19N3OS/c1-10-5-7-17(8-6-10)14(18)16-12-4-2-3-11(9-12)13(15)19/h2-4,9-10H,5-8H2,1H3,(H2,15,19)(H,16,18). The summed E-state index contributed by atoms with van der Waals surface area (Å²) in [4.78, 5) is 14.3. The topological polar surface area (TPSA) is 58.4 Å². The lowest BCUT2D eigenvalue weighted by Crippen LogP contribution is -2.40. The first-order chi connectivity index (χ1) is 9.06. The quantitative estimate of drug-likeness (QED) is 0.817. The lowest BCUT2D eigenvalue weighted by molar-refractivity contribution is 0.186. The van der Waals surface area contributed by atoms with Gasteiger partial charge < -0.3 is 16.0 Å². The molecule has 1 fully saturated rings. The number of hydrogen-bond acceptors (Lipinski definition) is 2. The van der Waals surface area contributed by atoms with E-state index in [0.717, 1.165) is 37.2 Å². The van der Waals surface area contributed by atoms with E-state index in [4.69, 9.17) is 18.0 Å². The summed E-state index contributed by atoms with van der Waals surface area (Å²) in [6, 6.07) is 7.26. The number of carbonyl (C=O) groups excluding carboxylic acids is 1. The molecule has 1 aliphatic heterocycles. The highest BCUT2D eigenvalue weighted by molar-refractivity contribution is 7.80. The molecule has 0 aliphatic carbocycles. The highest BCUT2D eigenvalue weighted by atomic mass is 32.1. The van der Waals surface area contributed by atoms with Gasteiger partial charge in [-0.25, -0.2) is 4.79 Å². The van der Waals surface area contributed by atoms with Crippen molar-refractivity contribution in [3.63, 3.8) is 0 Å². The predicted molar refractivity (Wildman–Crippen MR) is 81.3 cm³/mol. The van der Waals surface area contributed by atoms with Crippen LogP contribution in [0.5, 0.6) is 0 Å². The first-order valence-electron chi connectivity index (χ1n) is 6.52. The van der Waals surface area contributed by atoms with Crippen molar-refractivity contribution in [2.24, 2.45) is 11.7 Å².